The third-order valence-corrected chi connectivity index (χ3v) is 6.67. The highest BCUT2D eigenvalue weighted by atomic mass is 16.8. The van der Waals surface area contributed by atoms with E-state index in [-0.39, 0.29) is 18.4 Å². The molecule has 3 heterocycles. The van der Waals surface area contributed by atoms with Gasteiger partial charge in [0.1, 0.15) is 12.2 Å². The van der Waals surface area contributed by atoms with E-state index in [1.807, 2.05) is 13.8 Å². The summed E-state index contributed by atoms with van der Waals surface area (Å²) in [5.74, 6) is -2.72. The lowest BCUT2D eigenvalue weighted by atomic mass is 9.74. The van der Waals surface area contributed by atoms with Crippen molar-refractivity contribution in [3.05, 3.63) is 18.2 Å². The number of nitrogens with one attached hydrogen (secondary N) is 3. The lowest BCUT2D eigenvalue weighted by molar-refractivity contribution is -0.450. The van der Waals surface area contributed by atoms with Gasteiger partial charge in [-0.15, -0.1) is 0 Å². The van der Waals surface area contributed by atoms with Crippen molar-refractivity contribution in [3.8, 4) is 0 Å². The molecule has 31 heavy (non-hydrogen) atoms. The van der Waals surface area contributed by atoms with Crippen molar-refractivity contribution >= 4 is 5.91 Å². The molecule has 0 aromatic carbocycles. The Morgan fingerprint density at radius 1 is 1.32 bits per heavy atom. The first-order valence-electron chi connectivity index (χ1n) is 10.8. The molecule has 6 N–H and O–H groups in total. The van der Waals surface area contributed by atoms with Gasteiger partial charge in [0.2, 0.25) is 18.0 Å². The van der Waals surface area contributed by atoms with Gasteiger partial charge in [-0.05, 0) is 26.8 Å². The minimum atomic E-state index is -1.98. The molecule has 3 fully saturated rings. The molecule has 1 aliphatic carbocycles. The number of ether oxygens (including phenoxy) is 3. The number of aliphatic hydroxyl groups excluding tert-OH is 2. The monoisotopic (exact) mass is 440 g/mol. The number of carbonyl (C=O) groups excluding carboxylic acids is 1. The van der Waals surface area contributed by atoms with E-state index >= 15 is 0 Å². The topological polar surface area (TPSA) is 158 Å². The number of H-pyrrole nitrogens is 1. The second-order valence-electron chi connectivity index (χ2n) is 8.69. The van der Waals surface area contributed by atoms with Crippen LogP contribution in [0.1, 0.15) is 32.4 Å². The number of hydrogen-bond acceptors (Lipinski definition) is 9. The lowest BCUT2D eigenvalue weighted by Gasteiger charge is -2.58. The fourth-order valence-corrected chi connectivity index (χ4v) is 5.04. The average Bonchev–Trinajstić information content (AvgIpc) is 3.21. The summed E-state index contributed by atoms with van der Waals surface area (Å²) in [5.41, 5.74) is 0.640. The molecular weight excluding hydrogens is 408 g/mol. The number of amides is 1. The number of aromatic nitrogens is 2. The number of rotatable bonds is 5. The maximum Gasteiger partial charge on any atom is 0.239 e. The summed E-state index contributed by atoms with van der Waals surface area (Å²) < 4.78 is 18.0. The van der Waals surface area contributed by atoms with Crippen LogP contribution >= 0.6 is 0 Å². The van der Waals surface area contributed by atoms with Crippen LogP contribution in [0.25, 0.3) is 0 Å². The first-order valence-corrected chi connectivity index (χ1v) is 10.8. The Morgan fingerprint density at radius 2 is 2.10 bits per heavy atom. The Bertz CT molecular complexity index is 765. The number of aliphatic hydroxyl groups is 3. The maximum absolute atomic E-state index is 12.6. The minimum Gasteiger partial charge on any atom is -0.391 e. The molecule has 11 heteroatoms. The van der Waals surface area contributed by atoms with Crippen molar-refractivity contribution in [2.45, 2.75) is 87.8 Å². The largest absolute Gasteiger partial charge is 0.391 e. The van der Waals surface area contributed by atoms with Crippen molar-refractivity contribution in [1.82, 2.24) is 20.6 Å². The van der Waals surface area contributed by atoms with Crippen LogP contribution in [0.4, 0.5) is 0 Å². The summed E-state index contributed by atoms with van der Waals surface area (Å²) in [6.45, 7) is 3.70. The molecule has 2 saturated heterocycles. The highest BCUT2D eigenvalue weighted by Crippen LogP contribution is 2.43. The molecule has 3 unspecified atom stereocenters. The van der Waals surface area contributed by atoms with E-state index in [4.69, 9.17) is 14.2 Å². The predicted octanol–water partition coefficient (Wildman–Crippen LogP) is -1.61. The lowest BCUT2D eigenvalue weighted by Crippen LogP contribution is -2.77. The summed E-state index contributed by atoms with van der Waals surface area (Å²) in [6, 6.07) is -1.39. The van der Waals surface area contributed by atoms with E-state index in [1.165, 1.54) is 6.33 Å². The number of carbonyl (C=O) groups is 1. The maximum atomic E-state index is 12.6. The normalized spacial score (nSPS) is 44.9. The van der Waals surface area contributed by atoms with Crippen molar-refractivity contribution < 1.29 is 34.3 Å². The highest BCUT2D eigenvalue weighted by molar-refractivity contribution is 5.78. The molecule has 1 amide bonds. The van der Waals surface area contributed by atoms with Gasteiger partial charge < -0.3 is 45.1 Å². The first-order chi connectivity index (χ1) is 14.8. The molecule has 11 nitrogen and oxygen atoms in total. The standard InChI is InChI=1S/C20H32N4O7/c1-4-11-15(26)14(21-3)17-18(16(11)27)30-19-20(28,31-17)12(5-9(2)29-19)24-13(25)6-10-7-22-8-23-10/h7-9,11-12,14-19,21,26-28H,4-6H2,1-3H3,(H,22,23)(H,24,25)/t9-,11-,12-,14+,15+,16+,17?,18?,19?,20+/m1/s1. The SMILES string of the molecule is CC[C@@H]1[C@H](O)[C@H](NC)C2O[C@]3(O)C(OC2[C@H]1O)O[C@H](C)C[C@H]3NC(=O)Cc1cnc[nH]1. The number of aromatic amines is 1. The zero-order valence-corrected chi connectivity index (χ0v) is 17.9. The molecule has 2 aliphatic heterocycles. The number of imidazole rings is 1. The Labute approximate surface area is 180 Å². The van der Waals surface area contributed by atoms with Crippen LogP contribution < -0.4 is 10.6 Å². The quantitative estimate of drug-likeness (QED) is 0.317. The van der Waals surface area contributed by atoms with Gasteiger partial charge >= 0.3 is 0 Å². The second-order valence-corrected chi connectivity index (χ2v) is 8.69. The number of fused-ring (bicyclic) bond motifs is 2. The Kier molecular flexibility index (Phi) is 6.37. The van der Waals surface area contributed by atoms with E-state index < -0.39 is 54.5 Å². The van der Waals surface area contributed by atoms with Crippen LogP contribution in [0.3, 0.4) is 0 Å². The minimum absolute atomic E-state index is 0.0636. The summed E-state index contributed by atoms with van der Waals surface area (Å²) in [5, 5.41) is 39.0. The van der Waals surface area contributed by atoms with Crippen LogP contribution in [0.15, 0.2) is 12.5 Å². The van der Waals surface area contributed by atoms with Crippen LogP contribution in [-0.2, 0) is 25.4 Å². The van der Waals surface area contributed by atoms with Gasteiger partial charge in [-0.1, -0.05) is 6.92 Å². The van der Waals surface area contributed by atoms with Gasteiger partial charge in [-0.3, -0.25) is 4.79 Å². The fraction of sp³-hybridized carbons (Fsp3) is 0.800. The predicted molar refractivity (Wildman–Crippen MR) is 107 cm³/mol. The van der Waals surface area contributed by atoms with Crippen molar-refractivity contribution in [2.75, 3.05) is 7.05 Å². The van der Waals surface area contributed by atoms with Crippen molar-refractivity contribution in [1.29, 1.82) is 0 Å². The summed E-state index contributed by atoms with van der Waals surface area (Å²) in [6.07, 6.45) is -1.10. The number of nitrogens with zero attached hydrogens (tertiary/aromatic N) is 1. The van der Waals surface area contributed by atoms with E-state index in [0.717, 1.165) is 0 Å². The Morgan fingerprint density at radius 3 is 2.74 bits per heavy atom. The molecule has 0 radical (unpaired) electrons. The van der Waals surface area contributed by atoms with Gasteiger partial charge in [0, 0.05) is 17.8 Å². The van der Waals surface area contributed by atoms with Gasteiger partial charge in [0.05, 0.1) is 43.1 Å². The Balaban J connectivity index is 1.57. The van der Waals surface area contributed by atoms with E-state index in [1.54, 1.807) is 13.2 Å². The molecule has 3 aliphatic rings. The fourth-order valence-electron chi connectivity index (χ4n) is 5.04. The third-order valence-electron chi connectivity index (χ3n) is 6.67. The van der Waals surface area contributed by atoms with Crippen molar-refractivity contribution in [3.63, 3.8) is 0 Å². The second kappa shape index (κ2) is 8.74. The molecule has 4 rings (SSSR count). The molecule has 10 atom stereocenters. The highest BCUT2D eigenvalue weighted by Gasteiger charge is 2.63. The van der Waals surface area contributed by atoms with Gasteiger partial charge in [0.15, 0.2) is 0 Å². The first kappa shape index (κ1) is 22.6. The van der Waals surface area contributed by atoms with Crippen LogP contribution in [0, 0.1) is 5.92 Å². The van der Waals surface area contributed by atoms with Crippen molar-refractivity contribution in [2.24, 2.45) is 5.92 Å². The summed E-state index contributed by atoms with van der Waals surface area (Å²) >= 11 is 0. The number of likely N-dealkylation sites (N-methyl/N-ethyl adjacent to an activating group) is 1. The molecule has 1 aromatic rings. The van der Waals surface area contributed by atoms with E-state index in [0.29, 0.717) is 18.5 Å². The molecule has 0 bridgehead atoms. The van der Waals surface area contributed by atoms with Gasteiger partial charge in [-0.2, -0.15) is 0 Å². The number of hydrogen-bond donors (Lipinski definition) is 6. The zero-order valence-electron chi connectivity index (χ0n) is 17.9. The van der Waals surface area contributed by atoms with Crippen LogP contribution in [0.2, 0.25) is 0 Å². The zero-order chi connectivity index (χ0) is 22.3. The van der Waals surface area contributed by atoms with Gasteiger partial charge in [-0.25, -0.2) is 4.98 Å². The molecule has 174 valence electrons. The molecule has 0 spiro atoms. The van der Waals surface area contributed by atoms with E-state index in [9.17, 15) is 20.1 Å². The van der Waals surface area contributed by atoms with Crippen LogP contribution in [-0.4, -0.2) is 92.9 Å². The van der Waals surface area contributed by atoms with E-state index in [2.05, 4.69) is 20.6 Å². The molecule has 1 aromatic heterocycles. The summed E-state index contributed by atoms with van der Waals surface area (Å²) in [7, 11) is 1.68. The molecule has 1 saturated carbocycles. The smallest absolute Gasteiger partial charge is 0.239 e. The Hall–Kier alpha value is -1.60. The van der Waals surface area contributed by atoms with Gasteiger partial charge in [0.25, 0.3) is 0 Å². The molecular formula is C20H32N4O7. The third kappa shape index (κ3) is 3.99. The summed E-state index contributed by atoms with van der Waals surface area (Å²) in [4.78, 5) is 19.4. The average molecular weight is 440 g/mol. The van der Waals surface area contributed by atoms with Crippen LogP contribution in [0.5, 0.6) is 0 Å².